The van der Waals surface area contributed by atoms with Gasteiger partial charge < -0.3 is 9.84 Å². The van der Waals surface area contributed by atoms with Crippen LogP contribution in [0.2, 0.25) is 0 Å². The second-order valence-corrected chi connectivity index (χ2v) is 6.03. The quantitative estimate of drug-likeness (QED) is 0.442. The van der Waals surface area contributed by atoms with Crippen LogP contribution < -0.4 is 0 Å². The molecule has 0 amide bonds. The first kappa shape index (κ1) is 13.3. The van der Waals surface area contributed by atoms with E-state index in [0.29, 0.717) is 12.8 Å². The van der Waals surface area contributed by atoms with Gasteiger partial charge in [-0.05, 0) is 33.1 Å². The summed E-state index contributed by atoms with van der Waals surface area (Å²) >= 11 is 0. The minimum atomic E-state index is -0.574. The van der Waals surface area contributed by atoms with Gasteiger partial charge in [-0.3, -0.25) is 0 Å². The predicted octanol–water partition coefficient (Wildman–Crippen LogP) is 2.60. The van der Waals surface area contributed by atoms with Gasteiger partial charge in [0.2, 0.25) is 0 Å². The van der Waals surface area contributed by atoms with E-state index in [0.717, 1.165) is 16.7 Å². The van der Waals surface area contributed by atoms with Crippen molar-refractivity contribution in [2.45, 2.75) is 52.2 Å². The number of rotatable bonds is 1. The van der Waals surface area contributed by atoms with E-state index in [1.807, 2.05) is 27.7 Å². The molecule has 0 aromatic rings. The van der Waals surface area contributed by atoms with Gasteiger partial charge >= 0.3 is 5.97 Å². The summed E-state index contributed by atoms with van der Waals surface area (Å²) in [4.78, 5) is 12.0. The minimum Gasteiger partial charge on any atom is -0.454 e. The molecule has 1 aliphatic carbocycles. The molecule has 1 heterocycles. The minimum absolute atomic E-state index is 0.145. The van der Waals surface area contributed by atoms with Gasteiger partial charge in [-0.2, -0.15) is 0 Å². The summed E-state index contributed by atoms with van der Waals surface area (Å²) in [5.41, 5.74) is 2.09. The lowest BCUT2D eigenvalue weighted by Gasteiger charge is -2.34. The maximum Gasteiger partial charge on any atom is 0.334 e. The van der Waals surface area contributed by atoms with Crippen molar-refractivity contribution in [2.75, 3.05) is 0 Å². The van der Waals surface area contributed by atoms with Crippen LogP contribution in [0, 0.1) is 11.8 Å². The summed E-state index contributed by atoms with van der Waals surface area (Å²) in [7, 11) is 0. The zero-order valence-electron chi connectivity index (χ0n) is 11.6. The molecule has 1 saturated carbocycles. The molecule has 2 aliphatic rings. The third-order valence-electron chi connectivity index (χ3n) is 4.46. The van der Waals surface area contributed by atoms with Gasteiger partial charge in [-0.25, -0.2) is 4.79 Å². The first-order valence-electron chi connectivity index (χ1n) is 6.52. The van der Waals surface area contributed by atoms with Gasteiger partial charge in [0, 0.05) is 17.9 Å². The van der Waals surface area contributed by atoms with Crippen LogP contribution in [0.4, 0.5) is 0 Å². The lowest BCUT2D eigenvalue weighted by Crippen LogP contribution is -2.41. The Morgan fingerprint density at radius 2 is 2.06 bits per heavy atom. The van der Waals surface area contributed by atoms with Crippen LogP contribution >= 0.6 is 0 Å². The summed E-state index contributed by atoms with van der Waals surface area (Å²) in [5.74, 6) is -0.203. The van der Waals surface area contributed by atoms with E-state index in [9.17, 15) is 9.90 Å². The molecule has 2 rings (SSSR count). The molecule has 1 spiro atoms. The van der Waals surface area contributed by atoms with E-state index >= 15 is 0 Å². The first-order chi connectivity index (χ1) is 8.29. The molecule has 0 aromatic heterocycles. The predicted molar refractivity (Wildman–Crippen MR) is 69.9 cm³/mol. The molecular formula is C15H22O3. The fourth-order valence-corrected chi connectivity index (χ4v) is 3.52. The van der Waals surface area contributed by atoms with Crippen molar-refractivity contribution in [1.29, 1.82) is 0 Å². The highest BCUT2D eigenvalue weighted by Crippen LogP contribution is 2.53. The van der Waals surface area contributed by atoms with Crippen LogP contribution in [0.5, 0.6) is 0 Å². The summed E-state index contributed by atoms with van der Waals surface area (Å²) in [6.45, 7) is 11.8. The van der Waals surface area contributed by atoms with Crippen LogP contribution in [-0.4, -0.2) is 22.8 Å². The van der Waals surface area contributed by atoms with Gasteiger partial charge in [0.05, 0.1) is 6.10 Å². The molecule has 100 valence electrons. The van der Waals surface area contributed by atoms with Crippen LogP contribution in [0.15, 0.2) is 23.3 Å². The number of hydrogen-bond acceptors (Lipinski definition) is 3. The van der Waals surface area contributed by atoms with Gasteiger partial charge in [0.25, 0.3) is 0 Å². The highest BCUT2D eigenvalue weighted by atomic mass is 16.6. The van der Waals surface area contributed by atoms with Crippen LogP contribution in [-0.2, 0) is 9.53 Å². The van der Waals surface area contributed by atoms with Crippen molar-refractivity contribution in [1.82, 2.24) is 0 Å². The van der Waals surface area contributed by atoms with E-state index in [-0.39, 0.29) is 17.8 Å². The maximum atomic E-state index is 12.0. The highest BCUT2D eigenvalue weighted by Gasteiger charge is 2.59. The molecule has 2 fully saturated rings. The maximum absolute atomic E-state index is 12.0. The van der Waals surface area contributed by atoms with E-state index in [1.54, 1.807) is 0 Å². The van der Waals surface area contributed by atoms with Crippen molar-refractivity contribution < 1.29 is 14.6 Å². The largest absolute Gasteiger partial charge is 0.454 e. The lowest BCUT2D eigenvalue weighted by molar-refractivity contribution is -0.152. The van der Waals surface area contributed by atoms with E-state index in [1.165, 1.54) is 0 Å². The van der Waals surface area contributed by atoms with Gasteiger partial charge in [0.15, 0.2) is 0 Å². The van der Waals surface area contributed by atoms with Gasteiger partial charge in [0.1, 0.15) is 5.60 Å². The van der Waals surface area contributed by atoms with Crippen molar-refractivity contribution in [3.8, 4) is 0 Å². The number of carbonyl (C=O) groups excluding carboxylic acids is 1. The molecule has 0 bridgehead atoms. The monoisotopic (exact) mass is 250 g/mol. The van der Waals surface area contributed by atoms with Crippen LogP contribution in [0.3, 0.4) is 0 Å². The third-order valence-corrected chi connectivity index (χ3v) is 4.46. The second kappa shape index (κ2) is 4.23. The Morgan fingerprint density at radius 1 is 1.44 bits per heavy atom. The van der Waals surface area contributed by atoms with E-state index in [2.05, 4.69) is 6.58 Å². The molecule has 0 radical (unpaired) electrons. The van der Waals surface area contributed by atoms with Crippen molar-refractivity contribution in [3.05, 3.63) is 23.3 Å². The second-order valence-electron chi connectivity index (χ2n) is 6.03. The zero-order valence-corrected chi connectivity index (χ0v) is 11.6. The molecule has 4 atom stereocenters. The number of hydrogen-bond donors (Lipinski definition) is 1. The molecule has 1 N–H and O–H groups in total. The number of ether oxygens (including phenoxy) is 1. The SMILES string of the molecule is C=C(C)[C@H]1C(O)C[C@@H](C)[C@]12CC(=C(C)C)C(=O)O2. The smallest absolute Gasteiger partial charge is 0.334 e. The number of esters is 1. The van der Waals surface area contributed by atoms with Crippen LogP contribution in [0.1, 0.15) is 40.5 Å². The number of allylic oxidation sites excluding steroid dienone is 1. The summed E-state index contributed by atoms with van der Waals surface area (Å²) in [5, 5.41) is 10.2. The van der Waals surface area contributed by atoms with E-state index < -0.39 is 11.7 Å². The Bertz CT molecular complexity index is 431. The molecule has 1 saturated heterocycles. The van der Waals surface area contributed by atoms with Crippen molar-refractivity contribution in [2.24, 2.45) is 11.8 Å². The zero-order chi connectivity index (χ0) is 13.7. The fraction of sp³-hybridized carbons (Fsp3) is 0.667. The Kier molecular flexibility index (Phi) is 3.14. The normalized spacial score (nSPS) is 39.3. The molecule has 1 unspecified atom stereocenters. The van der Waals surface area contributed by atoms with E-state index in [4.69, 9.17) is 4.74 Å². The summed E-state index contributed by atoms with van der Waals surface area (Å²) in [6.07, 6.45) is 0.812. The molecule has 3 heteroatoms. The molecule has 0 aromatic carbocycles. The topological polar surface area (TPSA) is 46.5 Å². The Hall–Kier alpha value is -1.09. The van der Waals surface area contributed by atoms with Gasteiger partial charge in [-0.15, -0.1) is 0 Å². The number of aliphatic hydroxyl groups is 1. The molecule has 18 heavy (non-hydrogen) atoms. The summed E-state index contributed by atoms with van der Waals surface area (Å²) in [6, 6.07) is 0. The fourth-order valence-electron chi connectivity index (χ4n) is 3.52. The Labute approximate surface area is 109 Å². The molecular weight excluding hydrogens is 228 g/mol. The standard InChI is InChI=1S/C15H22O3/c1-8(2)11-7-15(18-14(11)17)10(5)6-12(16)13(15)9(3)4/h10,12-13,16H,3,6-7H2,1-2,4-5H3/t10-,12?,13+,15-/m1/s1. The highest BCUT2D eigenvalue weighted by molar-refractivity contribution is 5.92. The van der Waals surface area contributed by atoms with Crippen molar-refractivity contribution in [3.63, 3.8) is 0 Å². The average Bonchev–Trinajstić information content (AvgIpc) is 2.67. The number of carbonyl (C=O) groups is 1. The van der Waals surface area contributed by atoms with Crippen LogP contribution in [0.25, 0.3) is 0 Å². The Balaban J connectivity index is 2.45. The Morgan fingerprint density at radius 3 is 2.50 bits per heavy atom. The number of aliphatic hydroxyl groups excluding tert-OH is 1. The third kappa shape index (κ3) is 1.72. The molecule has 3 nitrogen and oxygen atoms in total. The van der Waals surface area contributed by atoms with Crippen molar-refractivity contribution >= 4 is 5.97 Å². The first-order valence-corrected chi connectivity index (χ1v) is 6.52. The summed E-state index contributed by atoms with van der Waals surface area (Å²) < 4.78 is 5.72. The van der Waals surface area contributed by atoms with Gasteiger partial charge in [-0.1, -0.05) is 24.6 Å². The average molecular weight is 250 g/mol. The lowest BCUT2D eigenvalue weighted by atomic mass is 9.78. The molecule has 1 aliphatic heterocycles.